The van der Waals surface area contributed by atoms with Crippen molar-refractivity contribution in [2.75, 3.05) is 6.61 Å². The average Bonchev–Trinajstić information content (AvgIpc) is 2.60. The fraction of sp³-hybridized carbons (Fsp3) is 0.300. The lowest BCUT2D eigenvalue weighted by molar-refractivity contribution is -0.123. The number of halogens is 1. The van der Waals surface area contributed by atoms with E-state index in [4.69, 9.17) is 9.47 Å². The molecule has 0 radical (unpaired) electrons. The van der Waals surface area contributed by atoms with Gasteiger partial charge in [-0.15, -0.1) is 0 Å². The second-order valence-electron chi connectivity index (χ2n) is 6.13. The van der Waals surface area contributed by atoms with Gasteiger partial charge in [0.1, 0.15) is 11.6 Å². The molecule has 0 fully saturated rings. The van der Waals surface area contributed by atoms with Crippen LogP contribution in [-0.2, 0) is 16.1 Å². The fourth-order valence-electron chi connectivity index (χ4n) is 2.12. The fourth-order valence-corrected chi connectivity index (χ4v) is 2.12. The van der Waals surface area contributed by atoms with E-state index in [9.17, 15) is 14.0 Å². The zero-order chi connectivity index (χ0) is 19.1. The summed E-state index contributed by atoms with van der Waals surface area (Å²) in [6.07, 6.45) is -0.191. The smallest absolute Gasteiger partial charge is 0.338 e. The number of carbonyl (C=O) groups is 2. The topological polar surface area (TPSA) is 64.6 Å². The molecule has 26 heavy (non-hydrogen) atoms. The summed E-state index contributed by atoms with van der Waals surface area (Å²) in [5.41, 5.74) is 1.65. The lowest BCUT2D eigenvalue weighted by Gasteiger charge is -2.10. The molecule has 0 aromatic heterocycles. The van der Waals surface area contributed by atoms with Gasteiger partial charge < -0.3 is 14.8 Å². The summed E-state index contributed by atoms with van der Waals surface area (Å²) in [5, 5.41) is 2.66. The van der Waals surface area contributed by atoms with E-state index in [1.807, 2.05) is 0 Å². The molecule has 0 saturated carbocycles. The number of esters is 1. The highest BCUT2D eigenvalue weighted by atomic mass is 19.1. The van der Waals surface area contributed by atoms with Gasteiger partial charge in [-0.2, -0.15) is 0 Å². The first-order chi connectivity index (χ1) is 12.3. The zero-order valence-electron chi connectivity index (χ0n) is 15.0. The molecule has 6 heteroatoms. The molecule has 5 nitrogen and oxygen atoms in total. The molecule has 2 rings (SSSR count). The van der Waals surface area contributed by atoms with Crippen LogP contribution in [0.1, 0.15) is 35.3 Å². The number of rotatable bonds is 7. The van der Waals surface area contributed by atoms with Gasteiger partial charge >= 0.3 is 5.97 Å². The first kappa shape index (κ1) is 19.4. The first-order valence-corrected chi connectivity index (χ1v) is 8.30. The molecule has 0 unspecified atom stereocenters. The number of benzene rings is 2. The highest BCUT2D eigenvalue weighted by molar-refractivity contribution is 5.89. The van der Waals surface area contributed by atoms with Crippen LogP contribution >= 0.6 is 0 Å². The van der Waals surface area contributed by atoms with Crippen LogP contribution < -0.4 is 10.1 Å². The molecule has 0 spiro atoms. The van der Waals surface area contributed by atoms with Crippen molar-refractivity contribution in [2.24, 2.45) is 0 Å². The molecular formula is C20H22FNO4. The van der Waals surface area contributed by atoms with Crippen LogP contribution in [0.15, 0.2) is 42.5 Å². The Morgan fingerprint density at radius 2 is 1.81 bits per heavy atom. The Balaban J connectivity index is 1.79. The molecule has 2 aromatic carbocycles. The summed E-state index contributed by atoms with van der Waals surface area (Å²) >= 11 is 0. The maximum atomic E-state index is 13.5. The van der Waals surface area contributed by atoms with Crippen molar-refractivity contribution in [3.05, 3.63) is 65.0 Å². The minimum Gasteiger partial charge on any atom is -0.484 e. The molecule has 0 aliphatic rings. The number of hydrogen-bond donors (Lipinski definition) is 1. The maximum absolute atomic E-state index is 13.5. The van der Waals surface area contributed by atoms with Gasteiger partial charge in [-0.3, -0.25) is 4.79 Å². The third-order valence-electron chi connectivity index (χ3n) is 3.53. The van der Waals surface area contributed by atoms with Gasteiger partial charge in [0, 0.05) is 6.54 Å². The van der Waals surface area contributed by atoms with Crippen molar-refractivity contribution in [3.63, 3.8) is 0 Å². The zero-order valence-corrected chi connectivity index (χ0v) is 15.0. The van der Waals surface area contributed by atoms with Crippen molar-refractivity contribution in [1.82, 2.24) is 5.32 Å². The van der Waals surface area contributed by atoms with Gasteiger partial charge in [-0.25, -0.2) is 9.18 Å². The third-order valence-corrected chi connectivity index (χ3v) is 3.53. The molecule has 0 saturated heterocycles. The van der Waals surface area contributed by atoms with Crippen LogP contribution in [0.4, 0.5) is 4.39 Å². The van der Waals surface area contributed by atoms with Gasteiger partial charge in [-0.1, -0.05) is 12.1 Å². The predicted octanol–water partition coefficient (Wildman–Crippen LogP) is 3.39. The monoisotopic (exact) mass is 359 g/mol. The second-order valence-corrected chi connectivity index (χ2v) is 6.13. The van der Waals surface area contributed by atoms with Crippen LogP contribution in [0.5, 0.6) is 5.75 Å². The molecule has 0 atom stereocenters. The van der Waals surface area contributed by atoms with E-state index in [1.54, 1.807) is 57.2 Å². The summed E-state index contributed by atoms with van der Waals surface area (Å²) < 4.78 is 23.9. The second kappa shape index (κ2) is 8.99. The Labute approximate surface area is 152 Å². The van der Waals surface area contributed by atoms with E-state index in [-0.39, 0.29) is 31.0 Å². The van der Waals surface area contributed by atoms with E-state index in [2.05, 4.69) is 5.32 Å². The van der Waals surface area contributed by atoms with Crippen LogP contribution in [0.2, 0.25) is 0 Å². The van der Waals surface area contributed by atoms with Crippen LogP contribution in [0.3, 0.4) is 0 Å². The van der Waals surface area contributed by atoms with Gasteiger partial charge in [0.05, 0.1) is 11.7 Å². The molecule has 1 N–H and O–H groups in total. The Hall–Kier alpha value is -2.89. The van der Waals surface area contributed by atoms with Crippen molar-refractivity contribution < 1.29 is 23.5 Å². The highest BCUT2D eigenvalue weighted by Crippen LogP contribution is 2.13. The van der Waals surface area contributed by atoms with Crippen molar-refractivity contribution in [1.29, 1.82) is 0 Å². The molecule has 138 valence electrons. The van der Waals surface area contributed by atoms with Crippen LogP contribution in [0, 0.1) is 12.7 Å². The average molecular weight is 359 g/mol. The maximum Gasteiger partial charge on any atom is 0.338 e. The van der Waals surface area contributed by atoms with E-state index < -0.39 is 5.97 Å². The molecule has 2 aromatic rings. The predicted molar refractivity (Wildman–Crippen MR) is 95.5 cm³/mol. The van der Waals surface area contributed by atoms with E-state index in [1.165, 1.54) is 6.07 Å². The molecule has 0 aliphatic carbocycles. The Bertz CT molecular complexity index is 772. The number of nitrogens with one attached hydrogen (secondary N) is 1. The lowest BCUT2D eigenvalue weighted by Crippen LogP contribution is -2.28. The first-order valence-electron chi connectivity index (χ1n) is 8.30. The summed E-state index contributed by atoms with van der Waals surface area (Å²) in [6, 6.07) is 11.2. The van der Waals surface area contributed by atoms with E-state index >= 15 is 0 Å². The van der Waals surface area contributed by atoms with Crippen molar-refractivity contribution >= 4 is 11.9 Å². The highest BCUT2D eigenvalue weighted by Gasteiger charge is 2.09. The van der Waals surface area contributed by atoms with Crippen molar-refractivity contribution in [3.8, 4) is 5.75 Å². The van der Waals surface area contributed by atoms with E-state index in [0.717, 1.165) is 0 Å². The number of aryl methyl sites for hydroxylation is 1. The molecule has 0 heterocycles. The Kier molecular flexibility index (Phi) is 6.72. The minimum absolute atomic E-state index is 0.176. The largest absolute Gasteiger partial charge is 0.484 e. The summed E-state index contributed by atoms with van der Waals surface area (Å²) in [4.78, 5) is 23.6. The summed E-state index contributed by atoms with van der Waals surface area (Å²) in [7, 11) is 0. The van der Waals surface area contributed by atoms with Crippen molar-refractivity contribution in [2.45, 2.75) is 33.4 Å². The van der Waals surface area contributed by atoms with Gasteiger partial charge in [0.25, 0.3) is 5.91 Å². The quantitative estimate of drug-likeness (QED) is 0.770. The summed E-state index contributed by atoms with van der Waals surface area (Å²) in [6.45, 7) is 5.28. The summed E-state index contributed by atoms with van der Waals surface area (Å²) in [5.74, 6) is -0.574. The molecule has 1 amide bonds. The lowest BCUT2D eigenvalue weighted by atomic mass is 10.1. The molecule has 0 aliphatic heterocycles. The Morgan fingerprint density at radius 3 is 2.42 bits per heavy atom. The molecular weight excluding hydrogens is 337 g/mol. The SMILES string of the molecule is Cc1ccc(CNC(=O)COc2ccc(C(=O)OC(C)C)cc2)cc1F. The van der Waals surface area contributed by atoms with Gasteiger partial charge in [0.15, 0.2) is 6.61 Å². The minimum atomic E-state index is -0.408. The van der Waals surface area contributed by atoms with Crippen LogP contribution in [-0.4, -0.2) is 24.6 Å². The van der Waals surface area contributed by atoms with Gasteiger partial charge in [-0.05, 0) is 62.2 Å². The number of hydrogen-bond acceptors (Lipinski definition) is 4. The van der Waals surface area contributed by atoms with Crippen LogP contribution in [0.25, 0.3) is 0 Å². The number of ether oxygens (including phenoxy) is 2. The number of amides is 1. The third kappa shape index (κ3) is 5.88. The van der Waals surface area contributed by atoms with E-state index in [0.29, 0.717) is 22.4 Å². The Morgan fingerprint density at radius 1 is 1.12 bits per heavy atom. The normalized spacial score (nSPS) is 10.5. The van der Waals surface area contributed by atoms with Gasteiger partial charge in [0.2, 0.25) is 0 Å². The number of carbonyl (C=O) groups excluding carboxylic acids is 2. The molecule has 0 bridgehead atoms. The standard InChI is InChI=1S/C20H22FNO4/c1-13(2)26-20(24)16-6-8-17(9-7-16)25-12-19(23)22-11-15-5-4-14(3)18(21)10-15/h4-10,13H,11-12H2,1-3H3,(H,22,23).